The second-order valence-electron chi connectivity index (χ2n) is 5.98. The summed E-state index contributed by atoms with van der Waals surface area (Å²) in [5, 5.41) is 3.19. The lowest BCUT2D eigenvalue weighted by molar-refractivity contribution is 0.102. The van der Waals surface area contributed by atoms with E-state index in [1.165, 1.54) is 22.7 Å². The van der Waals surface area contributed by atoms with Crippen LogP contribution in [0.3, 0.4) is 0 Å². The maximum Gasteiger partial charge on any atom is 0.269 e. The number of hydrogen-bond donors (Lipinski definition) is 1. The molecule has 0 fully saturated rings. The highest BCUT2D eigenvalue weighted by Gasteiger charge is 2.22. The summed E-state index contributed by atoms with van der Waals surface area (Å²) in [7, 11) is 0. The molecule has 0 saturated heterocycles. The highest BCUT2D eigenvalue weighted by molar-refractivity contribution is 7.18. The second kappa shape index (κ2) is 7.84. The Morgan fingerprint density at radius 2 is 1.61 bits per heavy atom. The molecule has 0 atom stereocenters. The minimum absolute atomic E-state index is 0.119. The van der Waals surface area contributed by atoms with E-state index < -0.39 is 0 Å². The maximum absolute atomic E-state index is 13.1. The summed E-state index contributed by atoms with van der Waals surface area (Å²) in [6, 6.07) is 18.6. The van der Waals surface area contributed by atoms with E-state index in [1.807, 2.05) is 48.5 Å². The number of benzene rings is 2. The van der Waals surface area contributed by atoms with Crippen molar-refractivity contribution in [1.82, 2.24) is 9.97 Å². The van der Waals surface area contributed by atoms with Crippen LogP contribution in [0.2, 0.25) is 0 Å². The number of hydrogen-bond acceptors (Lipinski definition) is 6. The summed E-state index contributed by atoms with van der Waals surface area (Å²) in [6.45, 7) is 1.78. The number of anilines is 1. The number of nitrogens with one attached hydrogen (secondary N) is 1. The van der Waals surface area contributed by atoms with Crippen LogP contribution in [0.4, 0.5) is 5.13 Å². The Balaban J connectivity index is 1.73. The van der Waals surface area contributed by atoms with Gasteiger partial charge in [-0.1, -0.05) is 72.0 Å². The summed E-state index contributed by atoms with van der Waals surface area (Å²) >= 11 is 2.45. The van der Waals surface area contributed by atoms with Gasteiger partial charge in [0.15, 0.2) is 5.13 Å². The fourth-order valence-electron chi connectivity index (χ4n) is 2.71. The molecule has 2 aromatic carbocycles. The SMILES string of the molecule is Cc1ncsc1C(=O)Nc1nc(-c2ccccc2)c(C(=O)c2ccccc2)s1. The third-order valence-electron chi connectivity index (χ3n) is 4.09. The molecule has 0 aliphatic rings. The number of thiazole rings is 2. The third-order valence-corrected chi connectivity index (χ3v) is 5.99. The molecule has 0 spiro atoms. The van der Waals surface area contributed by atoms with Gasteiger partial charge >= 0.3 is 0 Å². The van der Waals surface area contributed by atoms with E-state index in [-0.39, 0.29) is 11.7 Å². The average molecular weight is 406 g/mol. The molecule has 4 aromatic rings. The lowest BCUT2D eigenvalue weighted by Crippen LogP contribution is -2.11. The van der Waals surface area contributed by atoms with Crippen molar-refractivity contribution in [3.05, 3.63) is 87.2 Å². The zero-order valence-electron chi connectivity index (χ0n) is 14.9. The van der Waals surface area contributed by atoms with Crippen LogP contribution in [0, 0.1) is 6.92 Å². The van der Waals surface area contributed by atoms with Gasteiger partial charge in [0.25, 0.3) is 5.91 Å². The number of amides is 1. The van der Waals surface area contributed by atoms with Gasteiger partial charge in [-0.3, -0.25) is 14.9 Å². The normalized spacial score (nSPS) is 10.6. The van der Waals surface area contributed by atoms with Crippen LogP contribution in [0.5, 0.6) is 0 Å². The van der Waals surface area contributed by atoms with Gasteiger partial charge in [-0.2, -0.15) is 0 Å². The number of aromatic nitrogens is 2. The lowest BCUT2D eigenvalue weighted by atomic mass is 10.1. The van der Waals surface area contributed by atoms with E-state index in [9.17, 15) is 9.59 Å². The lowest BCUT2D eigenvalue weighted by Gasteiger charge is -2.02. The monoisotopic (exact) mass is 405 g/mol. The molecule has 2 heterocycles. The van der Waals surface area contributed by atoms with Gasteiger partial charge in [-0.25, -0.2) is 9.97 Å². The number of rotatable bonds is 5. The van der Waals surface area contributed by atoms with E-state index in [0.29, 0.717) is 31.8 Å². The molecule has 138 valence electrons. The van der Waals surface area contributed by atoms with Crippen molar-refractivity contribution < 1.29 is 9.59 Å². The molecule has 7 heteroatoms. The predicted octanol–water partition coefficient (Wildman–Crippen LogP) is 5.06. The number of nitrogens with zero attached hydrogens (tertiary/aromatic N) is 2. The Hall–Kier alpha value is -3.16. The van der Waals surface area contributed by atoms with Crippen molar-refractivity contribution in [2.75, 3.05) is 5.32 Å². The zero-order chi connectivity index (χ0) is 19.5. The Kier molecular flexibility index (Phi) is 5.10. The van der Waals surface area contributed by atoms with Crippen LogP contribution in [0.1, 0.15) is 30.6 Å². The van der Waals surface area contributed by atoms with Crippen LogP contribution in [0.15, 0.2) is 66.2 Å². The van der Waals surface area contributed by atoms with Crippen LogP contribution in [0.25, 0.3) is 11.3 Å². The molecular formula is C21H15N3O2S2. The fourth-order valence-corrected chi connectivity index (χ4v) is 4.36. The molecule has 0 radical (unpaired) electrons. The first-order chi connectivity index (χ1) is 13.6. The van der Waals surface area contributed by atoms with Gasteiger partial charge in [0.1, 0.15) is 9.75 Å². The molecule has 1 amide bonds. The Bertz CT molecular complexity index is 1130. The molecule has 0 aliphatic carbocycles. The van der Waals surface area contributed by atoms with Crippen molar-refractivity contribution in [3.63, 3.8) is 0 Å². The highest BCUT2D eigenvalue weighted by Crippen LogP contribution is 2.33. The largest absolute Gasteiger partial charge is 0.297 e. The summed E-state index contributed by atoms with van der Waals surface area (Å²) < 4.78 is 0. The molecular weight excluding hydrogens is 390 g/mol. The van der Waals surface area contributed by atoms with Crippen molar-refractivity contribution in [3.8, 4) is 11.3 Å². The first kappa shape index (κ1) is 18.2. The number of carbonyl (C=O) groups is 2. The van der Waals surface area contributed by atoms with E-state index in [0.717, 1.165) is 5.56 Å². The van der Waals surface area contributed by atoms with Gasteiger partial charge in [0, 0.05) is 11.1 Å². The molecule has 28 heavy (non-hydrogen) atoms. The van der Waals surface area contributed by atoms with Crippen LogP contribution < -0.4 is 5.32 Å². The number of ketones is 1. The van der Waals surface area contributed by atoms with Crippen molar-refractivity contribution >= 4 is 39.5 Å². The van der Waals surface area contributed by atoms with Gasteiger partial charge < -0.3 is 0 Å². The van der Waals surface area contributed by atoms with Gasteiger partial charge in [0.05, 0.1) is 16.9 Å². The van der Waals surface area contributed by atoms with Crippen molar-refractivity contribution in [2.45, 2.75) is 6.92 Å². The van der Waals surface area contributed by atoms with Gasteiger partial charge in [-0.15, -0.1) is 11.3 Å². The fraction of sp³-hybridized carbons (Fsp3) is 0.0476. The molecule has 2 aromatic heterocycles. The van der Waals surface area contributed by atoms with Crippen LogP contribution in [-0.4, -0.2) is 21.7 Å². The number of carbonyl (C=O) groups excluding carboxylic acids is 2. The molecule has 0 saturated carbocycles. The standard InChI is InChI=1S/C21H15N3O2S2/c1-13-18(27-12-22-13)20(26)24-21-23-16(14-8-4-2-5-9-14)19(28-21)17(25)15-10-6-3-7-11-15/h2-12H,1H3,(H,23,24,26). The van der Waals surface area contributed by atoms with Gasteiger partial charge in [0.2, 0.25) is 5.78 Å². The Morgan fingerprint density at radius 1 is 0.929 bits per heavy atom. The quantitative estimate of drug-likeness (QED) is 0.471. The smallest absolute Gasteiger partial charge is 0.269 e. The Morgan fingerprint density at radius 3 is 2.25 bits per heavy atom. The summed E-state index contributed by atoms with van der Waals surface area (Å²) in [6.07, 6.45) is 0. The van der Waals surface area contributed by atoms with Crippen LogP contribution in [-0.2, 0) is 0 Å². The minimum atomic E-state index is -0.271. The first-order valence-corrected chi connectivity index (χ1v) is 10.2. The molecule has 4 rings (SSSR count). The molecule has 0 aliphatic heterocycles. The minimum Gasteiger partial charge on any atom is -0.297 e. The van der Waals surface area contributed by atoms with Gasteiger partial charge in [-0.05, 0) is 6.92 Å². The van der Waals surface area contributed by atoms with Crippen LogP contribution >= 0.6 is 22.7 Å². The summed E-state index contributed by atoms with van der Waals surface area (Å²) in [4.78, 5) is 35.3. The summed E-state index contributed by atoms with van der Waals surface area (Å²) in [5.41, 5.74) is 4.27. The average Bonchev–Trinajstić information content (AvgIpc) is 3.35. The van der Waals surface area contributed by atoms with Crippen molar-refractivity contribution in [2.24, 2.45) is 0 Å². The maximum atomic E-state index is 13.1. The van der Waals surface area contributed by atoms with E-state index >= 15 is 0 Å². The predicted molar refractivity (Wildman–Crippen MR) is 112 cm³/mol. The first-order valence-electron chi connectivity index (χ1n) is 8.51. The van der Waals surface area contributed by atoms with E-state index in [2.05, 4.69) is 15.3 Å². The third kappa shape index (κ3) is 3.62. The molecule has 0 unspecified atom stereocenters. The van der Waals surface area contributed by atoms with E-state index in [4.69, 9.17) is 0 Å². The van der Waals surface area contributed by atoms with Crippen molar-refractivity contribution in [1.29, 1.82) is 0 Å². The zero-order valence-corrected chi connectivity index (χ0v) is 16.5. The molecule has 5 nitrogen and oxygen atoms in total. The second-order valence-corrected chi connectivity index (χ2v) is 7.83. The summed E-state index contributed by atoms with van der Waals surface area (Å²) in [5.74, 6) is -0.390. The number of aryl methyl sites for hydroxylation is 1. The Labute approximate surface area is 169 Å². The highest BCUT2D eigenvalue weighted by atomic mass is 32.1. The molecule has 0 bridgehead atoms. The molecule has 1 N–H and O–H groups in total. The topological polar surface area (TPSA) is 72.0 Å². The van der Waals surface area contributed by atoms with E-state index in [1.54, 1.807) is 24.6 Å².